The highest BCUT2D eigenvalue weighted by molar-refractivity contribution is 5.95. The number of halogens is 8. The summed E-state index contributed by atoms with van der Waals surface area (Å²) in [5.74, 6) is -8.64. The summed E-state index contributed by atoms with van der Waals surface area (Å²) >= 11 is 0. The number of benzene rings is 1. The topological polar surface area (TPSA) is 126 Å². The third-order valence-corrected chi connectivity index (χ3v) is 6.39. The van der Waals surface area contributed by atoms with E-state index < -0.39 is 76.9 Å². The lowest BCUT2D eigenvalue weighted by molar-refractivity contribution is -0.250. The minimum Gasteiger partial charge on any atom is -0.382 e. The second-order valence-electron chi connectivity index (χ2n) is 9.01. The summed E-state index contributed by atoms with van der Waals surface area (Å²) in [6.45, 7) is -3.24. The number of nitrogens with two attached hydrogens (primary N) is 1. The zero-order valence-electron chi connectivity index (χ0n) is 19.6. The van der Waals surface area contributed by atoms with Crippen molar-refractivity contribution in [1.29, 1.82) is 0 Å². The lowest BCUT2D eigenvalue weighted by Crippen LogP contribution is -2.59. The second kappa shape index (κ2) is 8.75. The Hall–Kier alpha value is -4.02. The number of alkyl halides is 8. The Morgan fingerprint density at radius 1 is 1.08 bits per heavy atom. The van der Waals surface area contributed by atoms with Crippen LogP contribution in [-0.4, -0.2) is 67.2 Å². The highest BCUT2D eigenvalue weighted by Crippen LogP contribution is 2.48. The number of fused-ring (bicyclic) bond motifs is 1. The number of carbonyl (C=O) groups excluding carboxylic acids is 2. The van der Waals surface area contributed by atoms with Gasteiger partial charge in [-0.1, -0.05) is 18.2 Å². The fourth-order valence-electron chi connectivity index (χ4n) is 4.31. The predicted molar refractivity (Wildman–Crippen MR) is 116 cm³/mol. The summed E-state index contributed by atoms with van der Waals surface area (Å²) < 4.78 is 114. The van der Waals surface area contributed by atoms with Crippen LogP contribution in [-0.2, 0) is 16.5 Å². The van der Waals surface area contributed by atoms with Crippen LogP contribution >= 0.6 is 0 Å². The first-order valence-corrected chi connectivity index (χ1v) is 10.9. The monoisotopic (exact) mass is 566 g/mol. The van der Waals surface area contributed by atoms with Gasteiger partial charge in [-0.15, -0.1) is 0 Å². The molecule has 3 heterocycles. The van der Waals surface area contributed by atoms with Gasteiger partial charge in [-0.25, -0.2) is 18.3 Å². The molecule has 1 saturated heterocycles. The van der Waals surface area contributed by atoms with E-state index in [9.17, 15) is 41.0 Å². The molecule has 1 aliphatic rings. The van der Waals surface area contributed by atoms with E-state index in [2.05, 4.69) is 10.1 Å². The Morgan fingerprint density at radius 3 is 2.26 bits per heavy atom. The molecule has 210 valence electrons. The number of nitrogens with one attached hydrogen (secondary N) is 1. The molecule has 1 aromatic carbocycles. The minimum absolute atomic E-state index is 0.0401. The molecule has 2 amide bonds. The molecule has 0 saturated carbocycles. The summed E-state index contributed by atoms with van der Waals surface area (Å²) in [5, 5.41) is 15.3. The van der Waals surface area contributed by atoms with Crippen molar-refractivity contribution in [3.05, 3.63) is 59.5 Å². The van der Waals surface area contributed by atoms with Crippen molar-refractivity contribution < 1.29 is 49.8 Å². The lowest BCUT2D eigenvalue weighted by atomic mass is 9.89. The number of likely N-dealkylation sites (tertiary alicyclic amines) is 1. The number of anilines is 1. The van der Waals surface area contributed by atoms with E-state index in [-0.39, 0.29) is 23.5 Å². The molecular weight excluding hydrogens is 548 g/mol. The molecule has 3 aromatic rings. The Bertz CT molecular complexity index is 1440. The first-order valence-electron chi connectivity index (χ1n) is 10.9. The molecule has 39 heavy (non-hydrogen) atoms. The molecule has 9 nitrogen and oxygen atoms in total. The average molecular weight is 566 g/mol. The van der Waals surface area contributed by atoms with Crippen molar-refractivity contribution in [1.82, 2.24) is 24.8 Å². The van der Waals surface area contributed by atoms with Crippen LogP contribution in [0.3, 0.4) is 0 Å². The van der Waals surface area contributed by atoms with Crippen LogP contribution < -0.4 is 11.1 Å². The van der Waals surface area contributed by atoms with Crippen molar-refractivity contribution in [2.75, 3.05) is 18.8 Å². The van der Waals surface area contributed by atoms with Crippen molar-refractivity contribution >= 4 is 23.1 Å². The van der Waals surface area contributed by atoms with Crippen LogP contribution in [0.1, 0.15) is 28.5 Å². The molecule has 0 spiro atoms. The van der Waals surface area contributed by atoms with E-state index in [4.69, 9.17) is 5.73 Å². The van der Waals surface area contributed by atoms with Gasteiger partial charge in [0.1, 0.15) is 11.8 Å². The molecule has 2 atom stereocenters. The summed E-state index contributed by atoms with van der Waals surface area (Å²) in [5.41, 5.74) is -5.64. The van der Waals surface area contributed by atoms with Gasteiger partial charge in [0.25, 0.3) is 17.7 Å². The van der Waals surface area contributed by atoms with E-state index in [1.165, 1.54) is 30.3 Å². The van der Waals surface area contributed by atoms with Gasteiger partial charge in [-0.05, 0) is 25.1 Å². The predicted octanol–water partition coefficient (Wildman–Crippen LogP) is 2.75. The lowest BCUT2D eigenvalue weighted by Gasteiger charge is -2.35. The number of aliphatic hydroxyl groups is 1. The van der Waals surface area contributed by atoms with Gasteiger partial charge in [0, 0.05) is 5.56 Å². The molecule has 0 radical (unpaired) electrons. The molecule has 4 rings (SSSR count). The Labute approximate surface area is 213 Å². The highest BCUT2D eigenvalue weighted by atomic mass is 19.4. The largest absolute Gasteiger partial charge is 0.426 e. The molecular formula is C22H18F8N6O3. The number of carbonyl (C=O) groups is 2. The average Bonchev–Trinajstić information content (AvgIpc) is 3.35. The van der Waals surface area contributed by atoms with Gasteiger partial charge in [0.05, 0.1) is 24.3 Å². The number of rotatable bonds is 4. The quantitative estimate of drug-likeness (QED) is 0.417. The van der Waals surface area contributed by atoms with Gasteiger partial charge in [0.2, 0.25) is 5.60 Å². The fraction of sp³-hybridized carbons (Fsp3) is 0.364. The Kier molecular flexibility index (Phi) is 6.28. The van der Waals surface area contributed by atoms with Crippen molar-refractivity contribution in [3.63, 3.8) is 0 Å². The highest BCUT2D eigenvalue weighted by Gasteiger charge is 2.68. The first-order chi connectivity index (χ1) is 17.8. The van der Waals surface area contributed by atoms with Crippen molar-refractivity contribution in [2.45, 2.75) is 36.3 Å². The SMILES string of the molecule is C[C@@](O)(C(=O)N1CC(F)(F)[C@](NC(=O)c2ccccc2)(c2cc(C(F)(F)F)c3c(N)ncnn23)C1)C(F)(F)F. The van der Waals surface area contributed by atoms with Gasteiger partial charge in [-0.2, -0.15) is 31.4 Å². The third-order valence-electron chi connectivity index (χ3n) is 6.39. The van der Waals surface area contributed by atoms with Crippen LogP contribution in [0.25, 0.3) is 5.52 Å². The zero-order valence-corrected chi connectivity index (χ0v) is 19.6. The Balaban J connectivity index is 1.97. The number of hydrogen-bond acceptors (Lipinski definition) is 6. The van der Waals surface area contributed by atoms with Gasteiger partial charge in [0.15, 0.2) is 11.4 Å². The van der Waals surface area contributed by atoms with Gasteiger partial charge in [-0.3, -0.25) is 9.59 Å². The van der Waals surface area contributed by atoms with Gasteiger partial charge < -0.3 is 21.1 Å². The number of amides is 2. The standard InChI is InChI=1S/C22H18F8N6O3/c1-18(39,22(28,29)30)17(38)35-8-19(20(23,24)9-35,34-16(37)11-5-3-2-4-6-11)13-7-12(21(25,26)27)14-15(31)32-10-33-36(13)14/h2-7,10,39H,8-9H2,1H3,(H,34,37)(H2,31,32,33)/t18-,19-/m1/s1. The minimum atomic E-state index is -5.59. The second-order valence-corrected chi connectivity index (χ2v) is 9.01. The van der Waals surface area contributed by atoms with Crippen LogP contribution in [0.4, 0.5) is 40.9 Å². The molecule has 1 aliphatic heterocycles. The normalized spacial score (nSPS) is 21.1. The summed E-state index contributed by atoms with van der Waals surface area (Å²) in [6, 6.07) is 6.76. The van der Waals surface area contributed by atoms with Crippen LogP contribution in [0, 0.1) is 0 Å². The smallest absolute Gasteiger partial charge is 0.382 e. The third kappa shape index (κ3) is 4.39. The van der Waals surface area contributed by atoms with Gasteiger partial charge >= 0.3 is 12.4 Å². The number of aromatic nitrogens is 3. The van der Waals surface area contributed by atoms with Crippen LogP contribution in [0.15, 0.2) is 42.7 Å². The number of nitrogens with zero attached hydrogens (tertiary/aromatic N) is 4. The Morgan fingerprint density at radius 2 is 1.69 bits per heavy atom. The summed E-state index contributed by atoms with van der Waals surface area (Å²) in [7, 11) is 0. The molecule has 0 bridgehead atoms. The first kappa shape index (κ1) is 28.0. The summed E-state index contributed by atoms with van der Waals surface area (Å²) in [6.07, 6.45) is -10.1. The van der Waals surface area contributed by atoms with E-state index in [0.29, 0.717) is 10.8 Å². The maximum Gasteiger partial charge on any atom is 0.426 e. The van der Waals surface area contributed by atoms with Crippen molar-refractivity contribution in [3.8, 4) is 0 Å². The zero-order chi connectivity index (χ0) is 29.2. The molecule has 0 unspecified atom stereocenters. The molecule has 0 aliphatic carbocycles. The van der Waals surface area contributed by atoms with E-state index in [1.807, 2.05) is 5.32 Å². The molecule has 4 N–H and O–H groups in total. The number of hydrogen-bond donors (Lipinski definition) is 3. The van der Waals surface area contributed by atoms with Crippen LogP contribution in [0.2, 0.25) is 0 Å². The molecule has 1 fully saturated rings. The van der Waals surface area contributed by atoms with E-state index in [0.717, 1.165) is 0 Å². The van der Waals surface area contributed by atoms with E-state index in [1.54, 1.807) is 0 Å². The molecule has 17 heteroatoms. The number of nitrogen functional groups attached to an aromatic ring is 1. The van der Waals surface area contributed by atoms with Crippen molar-refractivity contribution in [2.24, 2.45) is 0 Å². The maximum atomic E-state index is 15.9. The fourth-order valence-corrected chi connectivity index (χ4v) is 4.31. The van der Waals surface area contributed by atoms with E-state index >= 15 is 8.78 Å². The maximum absolute atomic E-state index is 15.9. The summed E-state index contributed by atoms with van der Waals surface area (Å²) in [4.78, 5) is 29.0. The molecule has 2 aromatic heterocycles. The van der Waals surface area contributed by atoms with Crippen LogP contribution in [0.5, 0.6) is 0 Å².